The maximum atomic E-state index is 13.4. The lowest BCUT2D eigenvalue weighted by atomic mass is 9.81. The van der Waals surface area contributed by atoms with E-state index in [1.807, 2.05) is 0 Å². The summed E-state index contributed by atoms with van der Waals surface area (Å²) in [5.41, 5.74) is 0.596. The molecule has 18 N–H and O–H groups in total. The number of nitrogens with zero attached hydrogens (tertiary/aromatic N) is 3. The van der Waals surface area contributed by atoms with Gasteiger partial charge in [-0.1, -0.05) is 103 Å². The molecule has 492 valence electrons. The third kappa shape index (κ3) is 20.9. The molecular formula is C55H93N7O24. The van der Waals surface area contributed by atoms with Gasteiger partial charge in [0.05, 0.1) is 61.3 Å². The van der Waals surface area contributed by atoms with Crippen molar-refractivity contribution in [1.82, 2.24) is 27.1 Å². The molecule has 3 fully saturated rings. The number of nitro groups is 1. The van der Waals surface area contributed by atoms with Crippen LogP contribution in [0.2, 0.25) is 0 Å². The zero-order valence-electron chi connectivity index (χ0n) is 48.9. The Bertz CT molecular complexity index is 2360. The third-order valence-corrected chi connectivity index (χ3v) is 15.6. The summed E-state index contributed by atoms with van der Waals surface area (Å²) < 4.78 is 39.0. The fourth-order valence-corrected chi connectivity index (χ4v) is 10.7. The zero-order valence-corrected chi connectivity index (χ0v) is 48.9. The molecule has 1 aromatic heterocycles. The number of aliphatic hydroxyl groups is 11. The summed E-state index contributed by atoms with van der Waals surface area (Å²) in [5, 5.41) is 157. The lowest BCUT2D eigenvalue weighted by molar-refractivity contribution is -0.393. The number of aliphatic carboxylic acids is 1. The van der Waals surface area contributed by atoms with Gasteiger partial charge in [-0.2, -0.15) is 0 Å². The summed E-state index contributed by atoms with van der Waals surface area (Å²) in [4.78, 5) is 49.2. The van der Waals surface area contributed by atoms with Gasteiger partial charge in [-0.05, 0) is 42.1 Å². The quantitative estimate of drug-likeness (QED) is 0.0184. The summed E-state index contributed by atoms with van der Waals surface area (Å²) in [6.45, 7) is 0.249. The molecular weight excluding hydrogens is 1140 g/mol. The molecule has 2 amide bonds. The van der Waals surface area contributed by atoms with Gasteiger partial charge in [0, 0.05) is 38.3 Å². The molecule has 0 bridgehead atoms. The number of aliphatic hydroxyl groups excluding tert-OH is 11. The number of rotatable bonds is 39. The van der Waals surface area contributed by atoms with Crippen LogP contribution in [0.5, 0.6) is 0 Å². The van der Waals surface area contributed by atoms with Crippen molar-refractivity contribution in [3.63, 3.8) is 0 Å². The third-order valence-electron chi connectivity index (χ3n) is 15.6. The summed E-state index contributed by atoms with van der Waals surface area (Å²) in [6, 6.07) is 0.146. The van der Waals surface area contributed by atoms with Gasteiger partial charge >= 0.3 is 11.7 Å². The second kappa shape index (κ2) is 37.3. The van der Waals surface area contributed by atoms with Crippen LogP contribution in [-0.2, 0) is 42.8 Å². The van der Waals surface area contributed by atoms with E-state index in [0.29, 0.717) is 31.5 Å². The fourth-order valence-electron chi connectivity index (χ4n) is 10.7. The van der Waals surface area contributed by atoms with Crippen LogP contribution < -0.4 is 22.1 Å². The van der Waals surface area contributed by atoms with Crippen molar-refractivity contribution in [3.05, 3.63) is 34.4 Å². The second-order valence-electron chi connectivity index (χ2n) is 22.0. The van der Waals surface area contributed by atoms with Crippen LogP contribution in [-0.4, -0.2) is 231 Å². The lowest BCUT2D eigenvalue weighted by Gasteiger charge is -2.50. The number of non-ortho nitro benzene ring substituents is 1. The number of carbonyl (C=O) groups is 3. The van der Waals surface area contributed by atoms with Crippen molar-refractivity contribution in [2.24, 2.45) is 5.92 Å². The van der Waals surface area contributed by atoms with E-state index in [2.05, 4.69) is 33.2 Å². The minimum absolute atomic E-state index is 0. The number of carbonyl (C=O) groups excluding carboxylic acids is 2. The monoisotopic (exact) mass is 1240 g/mol. The van der Waals surface area contributed by atoms with Gasteiger partial charge in [0.15, 0.2) is 24.4 Å². The number of aromatic nitrogens is 2. The van der Waals surface area contributed by atoms with Crippen LogP contribution in [0, 0.1) is 16.0 Å². The SMILES string of the molecule is CCCCCCCCCCCCC/C=C/[C@@H](O)[C@@H](COC1OC(CO)C(OC2OC(CO)C(O)C(OC3(C(=O)O)CC([C@H](O)[C@H](O)CO)C(NC(C)=O)C(O)O3)C2O)C(O)C1O)NC(=O)CCCCCCCNc1ccc([N+](=O)[O-])c2nonc12.N. The van der Waals surface area contributed by atoms with Gasteiger partial charge in [0.1, 0.15) is 54.9 Å². The number of nitrogens with one attached hydrogen (secondary N) is 3. The lowest BCUT2D eigenvalue weighted by Crippen LogP contribution is -2.69. The highest BCUT2D eigenvalue weighted by Gasteiger charge is 2.60. The van der Waals surface area contributed by atoms with E-state index >= 15 is 0 Å². The van der Waals surface area contributed by atoms with Crippen LogP contribution in [0.15, 0.2) is 28.9 Å². The van der Waals surface area contributed by atoms with Crippen LogP contribution in [0.4, 0.5) is 11.4 Å². The van der Waals surface area contributed by atoms with Crippen LogP contribution >= 0.6 is 0 Å². The Hall–Kier alpha value is -4.75. The fraction of sp³-hybridized carbons (Fsp3) is 0.800. The molecule has 14 unspecified atom stereocenters. The number of hydrogen-bond acceptors (Lipinski definition) is 27. The topological polar surface area (TPSA) is 502 Å². The maximum Gasteiger partial charge on any atom is 0.364 e. The Kier molecular flexibility index (Phi) is 32.0. The molecule has 31 heteroatoms. The minimum Gasteiger partial charge on any atom is -0.477 e. The number of fused-ring (bicyclic) bond motifs is 1. The number of carboxylic acids is 1. The molecule has 0 saturated carbocycles. The van der Waals surface area contributed by atoms with Gasteiger partial charge in [-0.25, -0.2) is 9.42 Å². The summed E-state index contributed by atoms with van der Waals surface area (Å²) in [7, 11) is 0. The number of amides is 2. The standard InChI is InChI=1S/C55H90N6O24.H3N/c1-3-4-5-6-7-8-9-10-11-12-13-15-18-21-36(66)34(58-40(68)22-19-16-14-17-20-25-56-33-23-24-35(61(77)78)43-42(33)59-85-60-43)30-79-52-47(72)46(71)49(39(29-64)81-52)82-53-48(73)50(45(70)38(28-63)80-53)83-55(54(75)76)26-32(44(69)37(67)27-62)41(51(74)84-55)57-31(2)65;/h18,21,23-24,32,34,36-39,41,44-53,56,62-64,66-67,69-74H,3-17,19-20,22,25-30H2,1-2H3,(H,57,65)(H,58,68)(H,75,76);1H3/b21-18+;/t32?,34-,36-,37-,38?,39?,41?,44+,45?,46?,47?,48?,49?,50?,51?,52?,53?,55?;/m1./s1. The van der Waals surface area contributed by atoms with Crippen molar-refractivity contribution in [2.45, 2.75) is 240 Å². The Labute approximate surface area is 498 Å². The predicted octanol–water partition coefficient (Wildman–Crippen LogP) is 0.168. The van der Waals surface area contributed by atoms with Gasteiger partial charge in [0.2, 0.25) is 17.3 Å². The molecule has 3 saturated heterocycles. The van der Waals surface area contributed by atoms with Crippen LogP contribution in [0.25, 0.3) is 11.0 Å². The van der Waals surface area contributed by atoms with Gasteiger partial charge in [-0.15, -0.1) is 0 Å². The van der Waals surface area contributed by atoms with Crippen molar-refractivity contribution in [2.75, 3.05) is 38.3 Å². The minimum atomic E-state index is -3.10. The molecule has 5 rings (SSSR count). The van der Waals surface area contributed by atoms with Crippen molar-refractivity contribution >= 4 is 40.2 Å². The molecule has 18 atom stereocenters. The van der Waals surface area contributed by atoms with Gasteiger partial charge in [0.25, 0.3) is 5.79 Å². The number of ether oxygens (including phenoxy) is 6. The van der Waals surface area contributed by atoms with Crippen LogP contribution in [0.1, 0.15) is 136 Å². The van der Waals surface area contributed by atoms with Crippen molar-refractivity contribution in [1.29, 1.82) is 0 Å². The smallest absolute Gasteiger partial charge is 0.364 e. The number of carboxylic acid groups (broad SMARTS) is 1. The highest BCUT2D eigenvalue weighted by atomic mass is 16.8. The Balaban J connectivity index is 0.0000158. The van der Waals surface area contributed by atoms with E-state index in [9.17, 15) is 85.8 Å². The van der Waals surface area contributed by atoms with E-state index < -0.39 is 165 Å². The maximum absolute atomic E-state index is 13.4. The zero-order chi connectivity index (χ0) is 62.2. The Morgan fingerprint density at radius 2 is 1.42 bits per heavy atom. The van der Waals surface area contributed by atoms with Crippen molar-refractivity contribution in [3.8, 4) is 0 Å². The van der Waals surface area contributed by atoms with E-state index in [-0.39, 0.29) is 29.3 Å². The Morgan fingerprint density at radius 1 is 0.802 bits per heavy atom. The number of hydrogen-bond donors (Lipinski definition) is 16. The molecule has 1 aromatic carbocycles. The van der Waals surface area contributed by atoms with E-state index in [4.69, 9.17) is 33.1 Å². The van der Waals surface area contributed by atoms with Gasteiger partial charge in [-0.3, -0.25) is 19.7 Å². The van der Waals surface area contributed by atoms with E-state index in [1.54, 1.807) is 6.08 Å². The number of benzene rings is 1. The van der Waals surface area contributed by atoms with Crippen LogP contribution in [0.3, 0.4) is 0 Å². The van der Waals surface area contributed by atoms with Crippen molar-refractivity contribution < 1.29 is 114 Å². The number of unbranched alkanes of at least 4 members (excludes halogenated alkanes) is 15. The number of nitro benzene ring substituents is 1. The van der Waals surface area contributed by atoms with Gasteiger partial charge < -0.3 is 112 Å². The highest BCUT2D eigenvalue weighted by Crippen LogP contribution is 2.41. The highest BCUT2D eigenvalue weighted by molar-refractivity contribution is 5.93. The second-order valence-corrected chi connectivity index (χ2v) is 22.0. The molecule has 31 nitrogen and oxygen atoms in total. The molecule has 3 aliphatic heterocycles. The predicted molar refractivity (Wildman–Crippen MR) is 301 cm³/mol. The molecule has 86 heavy (non-hydrogen) atoms. The molecule has 0 radical (unpaired) electrons. The molecule has 0 aliphatic carbocycles. The first kappa shape index (κ1) is 73.7. The summed E-state index contributed by atoms with van der Waals surface area (Å²) in [5.74, 6) is -7.94. The molecule has 3 aliphatic rings. The molecule has 0 spiro atoms. The summed E-state index contributed by atoms with van der Waals surface area (Å²) in [6.07, 6.45) is -7.89. The largest absolute Gasteiger partial charge is 0.477 e. The normalized spacial score (nSPS) is 29.2. The van der Waals surface area contributed by atoms with E-state index in [1.165, 1.54) is 63.2 Å². The first-order chi connectivity index (χ1) is 40.7. The average molecular weight is 1240 g/mol. The van der Waals surface area contributed by atoms with E-state index in [0.717, 1.165) is 51.9 Å². The number of allylic oxidation sites excluding steroid dienone is 1. The number of anilines is 1. The molecule has 4 heterocycles. The average Bonchev–Trinajstić information content (AvgIpc) is 1.04. The first-order valence-electron chi connectivity index (χ1n) is 29.5. The first-order valence-corrected chi connectivity index (χ1v) is 29.5. The summed E-state index contributed by atoms with van der Waals surface area (Å²) >= 11 is 0. The Morgan fingerprint density at radius 3 is 2.03 bits per heavy atom. The molecule has 2 aromatic rings.